The van der Waals surface area contributed by atoms with Gasteiger partial charge < -0.3 is 0 Å². The van der Waals surface area contributed by atoms with Crippen LogP contribution in [0.25, 0.3) is 5.69 Å². The molecule has 2 heterocycles. The predicted molar refractivity (Wildman–Crippen MR) is 113 cm³/mol. The molecule has 0 saturated carbocycles. The smallest absolute Gasteiger partial charge is 0.232 e. The number of piperidine rings is 1. The summed E-state index contributed by atoms with van der Waals surface area (Å²) in [4.78, 5) is 2.34. The zero-order chi connectivity index (χ0) is 20.9. The highest BCUT2D eigenvalue weighted by molar-refractivity contribution is 7.77. The molecule has 30 heavy (non-hydrogen) atoms. The van der Waals surface area contributed by atoms with Crippen molar-refractivity contribution in [2.75, 3.05) is 13.1 Å². The maximum Gasteiger partial charge on any atom is 0.232 e. The van der Waals surface area contributed by atoms with E-state index >= 15 is 0 Å². The van der Waals surface area contributed by atoms with Crippen LogP contribution in [0.2, 0.25) is 0 Å². The van der Waals surface area contributed by atoms with Crippen LogP contribution in [0.3, 0.4) is 0 Å². The van der Waals surface area contributed by atoms with Gasteiger partial charge in [0.15, 0.2) is 0 Å². The lowest BCUT2D eigenvalue weighted by Crippen LogP contribution is -2.32. The van der Waals surface area contributed by atoms with Crippen LogP contribution >= 0.6 is 0 Å². The first-order chi connectivity index (χ1) is 14.6. The number of rotatable bonds is 7. The van der Waals surface area contributed by atoms with Crippen LogP contribution in [0.1, 0.15) is 35.6 Å². The molecule has 9 heteroatoms. The summed E-state index contributed by atoms with van der Waals surface area (Å²) in [5.74, 6) is -0.0386. The van der Waals surface area contributed by atoms with Gasteiger partial charge in [0.2, 0.25) is 11.3 Å². The number of nitrogens with one attached hydrogen (secondary N) is 1. The van der Waals surface area contributed by atoms with Gasteiger partial charge in [0.05, 0.1) is 17.6 Å². The monoisotopic (exact) mass is 429 g/mol. The minimum atomic E-state index is -2.11. The highest BCUT2D eigenvalue weighted by atomic mass is 32.2. The SMILES string of the molecule is O=S(O)NCc1cc(F)cc(C2CCN(Cc3cn(-c4ccccc4)nn3)CC2)c1. The second kappa shape index (κ2) is 9.57. The Hall–Kier alpha value is -2.46. The first-order valence-corrected chi connectivity index (χ1v) is 11.0. The molecule has 1 aliphatic heterocycles. The Morgan fingerprint density at radius 3 is 2.67 bits per heavy atom. The highest BCUT2D eigenvalue weighted by Gasteiger charge is 2.22. The molecule has 1 unspecified atom stereocenters. The van der Waals surface area contributed by atoms with Crippen molar-refractivity contribution in [3.05, 3.63) is 77.4 Å². The van der Waals surface area contributed by atoms with Gasteiger partial charge in [0, 0.05) is 13.1 Å². The molecule has 2 aromatic carbocycles. The fourth-order valence-electron chi connectivity index (χ4n) is 3.89. The third kappa shape index (κ3) is 5.37. The normalized spacial score (nSPS) is 16.6. The number of nitrogens with zero attached hydrogens (tertiary/aromatic N) is 4. The Labute approximate surface area is 177 Å². The first-order valence-electron chi connectivity index (χ1n) is 9.89. The molecule has 1 aromatic heterocycles. The molecule has 0 radical (unpaired) electrons. The van der Waals surface area contributed by atoms with Crippen LogP contribution < -0.4 is 4.72 Å². The molecular formula is C21H24FN5O2S. The Kier molecular flexibility index (Phi) is 6.63. The van der Waals surface area contributed by atoms with Gasteiger partial charge in [-0.2, -0.15) is 0 Å². The van der Waals surface area contributed by atoms with Gasteiger partial charge in [-0.15, -0.1) is 5.10 Å². The van der Waals surface area contributed by atoms with Crippen LogP contribution in [-0.4, -0.2) is 41.7 Å². The minimum Gasteiger partial charge on any atom is -0.297 e. The minimum absolute atomic E-state index is 0.157. The molecule has 1 atom stereocenters. The van der Waals surface area contributed by atoms with Crippen LogP contribution in [0.5, 0.6) is 0 Å². The summed E-state index contributed by atoms with van der Waals surface area (Å²) in [5.41, 5.74) is 3.53. The first kappa shape index (κ1) is 20.8. The average molecular weight is 430 g/mol. The summed E-state index contributed by atoms with van der Waals surface area (Å²) >= 11 is -2.11. The molecule has 2 N–H and O–H groups in total. The number of benzene rings is 2. The van der Waals surface area contributed by atoms with Crippen LogP contribution in [-0.2, 0) is 24.4 Å². The van der Waals surface area contributed by atoms with E-state index in [1.54, 1.807) is 10.7 Å². The van der Waals surface area contributed by atoms with E-state index in [1.807, 2.05) is 42.6 Å². The predicted octanol–water partition coefficient (Wildman–Crippen LogP) is 3.01. The summed E-state index contributed by atoms with van der Waals surface area (Å²) in [6.45, 7) is 2.69. The molecule has 0 spiro atoms. The standard InChI is InChI=1S/C21H24FN5O2S/c22-19-11-16(13-23-30(28)29)10-18(12-19)17-6-8-26(9-7-17)14-20-15-27(25-24-20)21-4-2-1-3-5-21/h1-5,10-12,15,17,23H,6-9,13-14H2,(H,28,29). The number of hydrogen-bond donors (Lipinski definition) is 2. The summed E-state index contributed by atoms with van der Waals surface area (Å²) < 4.78 is 37.9. The zero-order valence-corrected chi connectivity index (χ0v) is 17.3. The van der Waals surface area contributed by atoms with E-state index in [1.165, 1.54) is 6.07 Å². The molecule has 0 aliphatic carbocycles. The van der Waals surface area contributed by atoms with E-state index < -0.39 is 11.3 Å². The van der Waals surface area contributed by atoms with Crippen molar-refractivity contribution in [3.8, 4) is 5.69 Å². The maximum absolute atomic E-state index is 14.0. The van der Waals surface area contributed by atoms with Gasteiger partial charge in [-0.25, -0.2) is 18.0 Å². The van der Waals surface area contributed by atoms with Gasteiger partial charge in [-0.1, -0.05) is 29.5 Å². The van der Waals surface area contributed by atoms with Gasteiger partial charge in [-0.05, 0) is 67.2 Å². The zero-order valence-electron chi connectivity index (χ0n) is 16.4. The lowest BCUT2D eigenvalue weighted by molar-refractivity contribution is 0.202. The number of hydrogen-bond acceptors (Lipinski definition) is 4. The summed E-state index contributed by atoms with van der Waals surface area (Å²) in [6, 6.07) is 14.8. The largest absolute Gasteiger partial charge is 0.297 e. The number of likely N-dealkylation sites (tertiary alicyclic amines) is 1. The van der Waals surface area contributed by atoms with Gasteiger partial charge >= 0.3 is 0 Å². The number of halogens is 1. The number of para-hydroxylation sites is 1. The molecular weight excluding hydrogens is 405 g/mol. The Morgan fingerprint density at radius 1 is 1.17 bits per heavy atom. The Balaban J connectivity index is 1.34. The molecule has 3 aromatic rings. The van der Waals surface area contributed by atoms with E-state index in [2.05, 4.69) is 19.9 Å². The molecule has 1 saturated heterocycles. The van der Waals surface area contributed by atoms with E-state index in [0.717, 1.165) is 49.4 Å². The molecule has 4 rings (SSSR count). The van der Waals surface area contributed by atoms with Gasteiger partial charge in [-0.3, -0.25) is 9.45 Å². The van der Waals surface area contributed by atoms with E-state index in [-0.39, 0.29) is 18.3 Å². The number of aromatic nitrogens is 3. The van der Waals surface area contributed by atoms with Crippen molar-refractivity contribution in [1.29, 1.82) is 0 Å². The van der Waals surface area contributed by atoms with Gasteiger partial charge in [0.1, 0.15) is 5.82 Å². The van der Waals surface area contributed by atoms with E-state index in [9.17, 15) is 8.60 Å². The third-order valence-corrected chi connectivity index (χ3v) is 5.78. The lowest BCUT2D eigenvalue weighted by atomic mass is 9.88. The van der Waals surface area contributed by atoms with E-state index in [4.69, 9.17) is 4.55 Å². The molecule has 7 nitrogen and oxygen atoms in total. The molecule has 1 aliphatic rings. The van der Waals surface area contributed by atoms with E-state index in [0.29, 0.717) is 5.56 Å². The highest BCUT2D eigenvalue weighted by Crippen LogP contribution is 2.30. The van der Waals surface area contributed by atoms with Crippen LogP contribution in [0, 0.1) is 5.82 Å². The lowest BCUT2D eigenvalue weighted by Gasteiger charge is -2.31. The van der Waals surface area contributed by atoms with Crippen molar-refractivity contribution in [3.63, 3.8) is 0 Å². The van der Waals surface area contributed by atoms with Crippen molar-refractivity contribution >= 4 is 11.3 Å². The summed E-state index contributed by atoms with van der Waals surface area (Å²) in [6.07, 6.45) is 3.81. The third-order valence-electron chi connectivity index (χ3n) is 5.39. The summed E-state index contributed by atoms with van der Waals surface area (Å²) in [7, 11) is 0. The topological polar surface area (TPSA) is 83.3 Å². The Bertz CT molecular complexity index is 1010. The maximum atomic E-state index is 14.0. The summed E-state index contributed by atoms with van der Waals surface area (Å²) in [5, 5.41) is 8.51. The quantitative estimate of drug-likeness (QED) is 0.564. The fourth-order valence-corrected chi connectivity index (χ4v) is 4.18. The van der Waals surface area contributed by atoms with Gasteiger partial charge in [0.25, 0.3) is 0 Å². The second-order valence-corrected chi connectivity index (χ2v) is 8.29. The second-order valence-electron chi connectivity index (χ2n) is 7.50. The molecule has 0 amide bonds. The average Bonchev–Trinajstić information content (AvgIpc) is 3.21. The fraction of sp³-hybridized carbons (Fsp3) is 0.333. The van der Waals surface area contributed by atoms with Crippen molar-refractivity contribution in [2.24, 2.45) is 0 Å². The Morgan fingerprint density at radius 2 is 1.93 bits per heavy atom. The molecule has 0 bridgehead atoms. The van der Waals surface area contributed by atoms with Crippen molar-refractivity contribution in [2.45, 2.75) is 31.8 Å². The van der Waals surface area contributed by atoms with Crippen molar-refractivity contribution in [1.82, 2.24) is 24.6 Å². The molecule has 158 valence electrons. The van der Waals surface area contributed by atoms with Crippen LogP contribution in [0.15, 0.2) is 54.7 Å². The van der Waals surface area contributed by atoms with Crippen LogP contribution in [0.4, 0.5) is 4.39 Å². The molecule has 1 fully saturated rings. The van der Waals surface area contributed by atoms with Crippen molar-refractivity contribution < 1.29 is 13.2 Å².